The predicted molar refractivity (Wildman–Crippen MR) is 66.2 cm³/mol. The van der Waals surface area contributed by atoms with Crippen LogP contribution in [0, 0.1) is 0 Å². The van der Waals surface area contributed by atoms with E-state index in [9.17, 15) is 13.2 Å². The minimum absolute atomic E-state index is 0.257. The fraction of sp³-hybridized carbons (Fsp3) is 0.500. The summed E-state index contributed by atoms with van der Waals surface area (Å²) in [6.07, 6.45) is -2.40. The van der Waals surface area contributed by atoms with Crippen LogP contribution in [0.5, 0.6) is 0 Å². The van der Waals surface area contributed by atoms with Gasteiger partial charge in [0.05, 0.1) is 5.56 Å². The number of hydrogen-bond acceptors (Lipinski definition) is 2. The lowest BCUT2D eigenvalue weighted by atomic mass is 10.0. The summed E-state index contributed by atoms with van der Waals surface area (Å²) in [5, 5.41) is 3.09. The van der Waals surface area contributed by atoms with E-state index in [0.29, 0.717) is 17.9 Å². The molecule has 0 fully saturated rings. The zero-order chi connectivity index (χ0) is 12.9. The summed E-state index contributed by atoms with van der Waals surface area (Å²) >= 11 is 1.53. The van der Waals surface area contributed by atoms with Gasteiger partial charge in [-0.1, -0.05) is 25.1 Å². The molecular formula is C12H16F3NS. The van der Waals surface area contributed by atoms with E-state index < -0.39 is 11.7 Å². The summed E-state index contributed by atoms with van der Waals surface area (Å²) in [5.74, 6) is 0.626. The minimum Gasteiger partial charge on any atom is -0.309 e. The molecule has 1 nitrogen and oxygen atoms in total. The second-order valence-electron chi connectivity index (χ2n) is 3.65. The first-order valence-corrected chi connectivity index (χ1v) is 6.78. The molecule has 0 radical (unpaired) electrons. The molecule has 0 aliphatic heterocycles. The molecule has 0 bridgehead atoms. The second kappa shape index (κ2) is 6.31. The molecule has 1 rings (SSSR count). The third-order valence-electron chi connectivity index (χ3n) is 2.43. The molecule has 1 aromatic rings. The molecule has 0 spiro atoms. The monoisotopic (exact) mass is 263 g/mol. The van der Waals surface area contributed by atoms with Gasteiger partial charge in [-0.15, -0.1) is 0 Å². The van der Waals surface area contributed by atoms with Gasteiger partial charge in [0.15, 0.2) is 0 Å². The first-order chi connectivity index (χ1) is 8.00. The zero-order valence-corrected chi connectivity index (χ0v) is 10.7. The van der Waals surface area contributed by atoms with Gasteiger partial charge in [0.25, 0.3) is 0 Å². The van der Waals surface area contributed by atoms with Crippen LogP contribution in [0.4, 0.5) is 13.2 Å². The molecule has 1 N–H and O–H groups in total. The Bertz CT molecular complexity index is 346. The van der Waals surface area contributed by atoms with Crippen molar-refractivity contribution in [2.45, 2.75) is 19.1 Å². The van der Waals surface area contributed by atoms with E-state index in [-0.39, 0.29) is 6.04 Å². The SMILES string of the molecule is CCNC(CSC)c1ccccc1C(F)(F)F. The number of alkyl halides is 3. The fourth-order valence-electron chi connectivity index (χ4n) is 1.73. The standard InChI is InChI=1S/C12H16F3NS/c1-3-16-11(8-17-2)9-6-4-5-7-10(9)12(13,14)15/h4-7,11,16H,3,8H2,1-2H3. The van der Waals surface area contributed by atoms with Crippen LogP contribution in [0.1, 0.15) is 24.1 Å². The maximum atomic E-state index is 12.9. The molecular weight excluding hydrogens is 247 g/mol. The second-order valence-corrected chi connectivity index (χ2v) is 4.56. The van der Waals surface area contributed by atoms with E-state index in [1.807, 2.05) is 13.2 Å². The number of hydrogen-bond donors (Lipinski definition) is 1. The van der Waals surface area contributed by atoms with Crippen molar-refractivity contribution in [2.75, 3.05) is 18.6 Å². The topological polar surface area (TPSA) is 12.0 Å². The lowest BCUT2D eigenvalue weighted by Crippen LogP contribution is -2.25. The molecule has 0 amide bonds. The Morgan fingerprint density at radius 1 is 1.29 bits per heavy atom. The molecule has 0 aliphatic rings. The molecule has 0 saturated carbocycles. The van der Waals surface area contributed by atoms with Crippen molar-refractivity contribution in [3.05, 3.63) is 35.4 Å². The minimum atomic E-state index is -4.29. The van der Waals surface area contributed by atoms with Gasteiger partial charge in [-0.3, -0.25) is 0 Å². The normalized spacial score (nSPS) is 13.7. The maximum absolute atomic E-state index is 12.9. The van der Waals surface area contributed by atoms with Crippen LogP contribution >= 0.6 is 11.8 Å². The summed E-state index contributed by atoms with van der Waals surface area (Å²) in [6.45, 7) is 2.54. The summed E-state index contributed by atoms with van der Waals surface area (Å²) in [7, 11) is 0. The summed E-state index contributed by atoms with van der Waals surface area (Å²) in [6, 6.07) is 5.50. The molecule has 1 unspecified atom stereocenters. The summed E-state index contributed by atoms with van der Waals surface area (Å²) in [4.78, 5) is 0. The van der Waals surface area contributed by atoms with Crippen LogP contribution in [-0.2, 0) is 6.18 Å². The highest BCUT2D eigenvalue weighted by molar-refractivity contribution is 7.98. The Labute approximate surface area is 104 Å². The van der Waals surface area contributed by atoms with Gasteiger partial charge in [-0.2, -0.15) is 24.9 Å². The molecule has 0 saturated heterocycles. The van der Waals surface area contributed by atoms with Crippen LogP contribution in [-0.4, -0.2) is 18.6 Å². The first kappa shape index (κ1) is 14.4. The van der Waals surface area contributed by atoms with Crippen molar-refractivity contribution in [3.8, 4) is 0 Å². The molecule has 5 heteroatoms. The van der Waals surface area contributed by atoms with E-state index in [2.05, 4.69) is 5.32 Å². The lowest BCUT2D eigenvalue weighted by molar-refractivity contribution is -0.138. The summed E-state index contributed by atoms with van der Waals surface area (Å²) < 4.78 is 38.6. The number of nitrogens with one attached hydrogen (secondary N) is 1. The fourth-order valence-corrected chi connectivity index (χ4v) is 2.36. The molecule has 0 heterocycles. The predicted octanol–water partition coefficient (Wildman–Crippen LogP) is 3.72. The number of benzene rings is 1. The third kappa shape index (κ3) is 3.92. The Morgan fingerprint density at radius 3 is 2.47 bits per heavy atom. The van der Waals surface area contributed by atoms with Gasteiger partial charge in [0, 0.05) is 11.8 Å². The highest BCUT2D eigenvalue weighted by atomic mass is 32.2. The van der Waals surface area contributed by atoms with Gasteiger partial charge in [-0.05, 0) is 24.4 Å². The molecule has 0 aliphatic carbocycles. The van der Waals surface area contributed by atoms with Crippen LogP contribution in [0.3, 0.4) is 0 Å². The van der Waals surface area contributed by atoms with Gasteiger partial charge >= 0.3 is 6.18 Å². The first-order valence-electron chi connectivity index (χ1n) is 5.39. The highest BCUT2D eigenvalue weighted by Gasteiger charge is 2.34. The average Bonchev–Trinajstić information content (AvgIpc) is 2.28. The van der Waals surface area contributed by atoms with E-state index >= 15 is 0 Å². The zero-order valence-electron chi connectivity index (χ0n) is 9.84. The van der Waals surface area contributed by atoms with E-state index in [1.54, 1.807) is 12.1 Å². The van der Waals surface area contributed by atoms with Crippen molar-refractivity contribution in [2.24, 2.45) is 0 Å². The van der Waals surface area contributed by atoms with Gasteiger partial charge in [-0.25, -0.2) is 0 Å². The lowest BCUT2D eigenvalue weighted by Gasteiger charge is -2.21. The van der Waals surface area contributed by atoms with Crippen LogP contribution in [0.2, 0.25) is 0 Å². The molecule has 0 aromatic heterocycles. The highest BCUT2D eigenvalue weighted by Crippen LogP contribution is 2.35. The maximum Gasteiger partial charge on any atom is 0.416 e. The molecule has 1 aromatic carbocycles. The molecule has 96 valence electrons. The average molecular weight is 263 g/mol. The smallest absolute Gasteiger partial charge is 0.309 e. The van der Waals surface area contributed by atoms with Crippen LogP contribution in [0.15, 0.2) is 24.3 Å². The van der Waals surface area contributed by atoms with E-state index in [0.717, 1.165) is 6.07 Å². The van der Waals surface area contributed by atoms with Gasteiger partial charge in [0.2, 0.25) is 0 Å². The Balaban J connectivity index is 3.09. The van der Waals surface area contributed by atoms with Gasteiger partial charge < -0.3 is 5.32 Å². The van der Waals surface area contributed by atoms with E-state index in [4.69, 9.17) is 0 Å². The Hall–Kier alpha value is -0.680. The van der Waals surface area contributed by atoms with Crippen molar-refractivity contribution in [1.29, 1.82) is 0 Å². The Morgan fingerprint density at radius 2 is 1.94 bits per heavy atom. The van der Waals surface area contributed by atoms with Crippen LogP contribution in [0.25, 0.3) is 0 Å². The van der Waals surface area contributed by atoms with Gasteiger partial charge in [0.1, 0.15) is 0 Å². The van der Waals surface area contributed by atoms with Crippen molar-refractivity contribution in [3.63, 3.8) is 0 Å². The number of rotatable bonds is 5. The largest absolute Gasteiger partial charge is 0.416 e. The number of thioether (sulfide) groups is 1. The van der Waals surface area contributed by atoms with Crippen LogP contribution < -0.4 is 5.32 Å². The third-order valence-corrected chi connectivity index (χ3v) is 3.09. The number of halogens is 3. The quantitative estimate of drug-likeness (QED) is 0.869. The van der Waals surface area contributed by atoms with Crippen molar-refractivity contribution in [1.82, 2.24) is 5.32 Å². The van der Waals surface area contributed by atoms with Crippen molar-refractivity contribution < 1.29 is 13.2 Å². The summed E-state index contributed by atoms with van der Waals surface area (Å²) in [5.41, 5.74) is -0.212. The molecule has 1 atom stereocenters. The van der Waals surface area contributed by atoms with Crippen molar-refractivity contribution >= 4 is 11.8 Å². The molecule has 17 heavy (non-hydrogen) atoms. The van der Waals surface area contributed by atoms with E-state index in [1.165, 1.54) is 17.8 Å². The Kier molecular flexibility index (Phi) is 5.33.